The molecule has 0 radical (unpaired) electrons. The summed E-state index contributed by atoms with van der Waals surface area (Å²) >= 11 is 0. The van der Waals surface area contributed by atoms with Crippen molar-refractivity contribution in [3.63, 3.8) is 0 Å². The second-order valence-corrected chi connectivity index (χ2v) is 6.44. The van der Waals surface area contributed by atoms with E-state index in [1.165, 1.54) is 12.1 Å². The fourth-order valence-corrected chi connectivity index (χ4v) is 3.00. The van der Waals surface area contributed by atoms with Crippen molar-refractivity contribution in [3.05, 3.63) is 59.9 Å². The van der Waals surface area contributed by atoms with Crippen molar-refractivity contribution in [3.8, 4) is 11.1 Å². The Morgan fingerprint density at radius 1 is 1.00 bits per heavy atom. The highest BCUT2D eigenvalue weighted by Crippen LogP contribution is 2.21. The molecule has 2 nitrogen and oxygen atoms in total. The topological polar surface area (TPSA) is 20.3 Å². The Bertz CT molecular complexity index is 655. The predicted octanol–water partition coefficient (Wildman–Crippen LogP) is 4.29. The molecule has 0 saturated carbocycles. The van der Waals surface area contributed by atoms with E-state index in [9.17, 15) is 9.18 Å². The molecule has 2 aromatic rings. The Morgan fingerprint density at radius 2 is 1.52 bits per heavy atom. The van der Waals surface area contributed by atoms with Gasteiger partial charge in [0.1, 0.15) is 5.82 Å². The van der Waals surface area contributed by atoms with Crippen molar-refractivity contribution in [2.45, 2.75) is 26.2 Å². The molecule has 0 aromatic heterocycles. The predicted molar refractivity (Wildman–Crippen MR) is 90.5 cm³/mol. The molecule has 3 heteroatoms. The third-order valence-electron chi connectivity index (χ3n) is 4.62. The van der Waals surface area contributed by atoms with E-state index >= 15 is 0 Å². The van der Waals surface area contributed by atoms with Gasteiger partial charge in [0.15, 0.2) is 0 Å². The molecular weight excluding hydrogens is 289 g/mol. The third kappa shape index (κ3) is 3.98. The number of nitrogens with zero attached hydrogens (tertiary/aromatic N) is 1. The molecule has 0 atom stereocenters. The summed E-state index contributed by atoms with van der Waals surface area (Å²) in [5.41, 5.74) is 3.04. The zero-order valence-corrected chi connectivity index (χ0v) is 13.5. The third-order valence-corrected chi connectivity index (χ3v) is 4.62. The van der Waals surface area contributed by atoms with Gasteiger partial charge in [0.05, 0.1) is 6.42 Å². The Balaban J connectivity index is 1.63. The van der Waals surface area contributed by atoms with Gasteiger partial charge in [-0.1, -0.05) is 43.3 Å². The van der Waals surface area contributed by atoms with Crippen molar-refractivity contribution in [2.24, 2.45) is 5.92 Å². The Morgan fingerprint density at radius 3 is 2.09 bits per heavy atom. The maximum absolute atomic E-state index is 13.0. The van der Waals surface area contributed by atoms with Gasteiger partial charge in [-0.05, 0) is 47.6 Å². The van der Waals surface area contributed by atoms with Crippen molar-refractivity contribution in [1.29, 1.82) is 0 Å². The van der Waals surface area contributed by atoms with Crippen LogP contribution in [0.1, 0.15) is 25.3 Å². The Labute approximate surface area is 136 Å². The van der Waals surface area contributed by atoms with Gasteiger partial charge in [-0.25, -0.2) is 4.39 Å². The highest BCUT2D eigenvalue weighted by molar-refractivity contribution is 5.79. The van der Waals surface area contributed by atoms with Gasteiger partial charge in [0.25, 0.3) is 0 Å². The summed E-state index contributed by atoms with van der Waals surface area (Å²) in [6, 6.07) is 14.4. The highest BCUT2D eigenvalue weighted by Gasteiger charge is 2.20. The van der Waals surface area contributed by atoms with Gasteiger partial charge in [0, 0.05) is 13.1 Å². The first-order valence-corrected chi connectivity index (χ1v) is 8.24. The van der Waals surface area contributed by atoms with Gasteiger partial charge < -0.3 is 4.90 Å². The summed E-state index contributed by atoms with van der Waals surface area (Å²) < 4.78 is 13.0. The summed E-state index contributed by atoms with van der Waals surface area (Å²) in [5, 5.41) is 0. The molecule has 0 bridgehead atoms. The van der Waals surface area contributed by atoms with E-state index in [0.717, 1.165) is 48.5 Å². The number of carbonyl (C=O) groups excluding carboxylic acids is 1. The number of hydrogen-bond donors (Lipinski definition) is 0. The van der Waals surface area contributed by atoms with Gasteiger partial charge in [0.2, 0.25) is 5.91 Å². The number of halogens is 1. The molecule has 0 unspecified atom stereocenters. The summed E-state index contributed by atoms with van der Waals surface area (Å²) in [7, 11) is 0. The van der Waals surface area contributed by atoms with Crippen LogP contribution in [-0.2, 0) is 11.2 Å². The molecule has 23 heavy (non-hydrogen) atoms. The van der Waals surface area contributed by atoms with Crippen LogP contribution in [0.2, 0.25) is 0 Å². The first kappa shape index (κ1) is 15.7. The van der Waals surface area contributed by atoms with E-state index < -0.39 is 0 Å². The van der Waals surface area contributed by atoms with E-state index in [0.29, 0.717) is 6.42 Å². The molecule has 0 spiro atoms. The number of carbonyl (C=O) groups is 1. The highest BCUT2D eigenvalue weighted by atomic mass is 19.1. The normalized spacial score (nSPS) is 15.7. The Kier molecular flexibility index (Phi) is 4.75. The molecule has 2 aromatic carbocycles. The van der Waals surface area contributed by atoms with Crippen LogP contribution in [0.3, 0.4) is 0 Å². The van der Waals surface area contributed by atoms with E-state index in [1.54, 1.807) is 12.1 Å². The number of piperidine rings is 1. The van der Waals surface area contributed by atoms with Crippen LogP contribution in [0, 0.1) is 11.7 Å². The van der Waals surface area contributed by atoms with Crippen LogP contribution < -0.4 is 0 Å². The lowest BCUT2D eigenvalue weighted by Gasteiger charge is -2.30. The van der Waals surface area contributed by atoms with Gasteiger partial charge in [-0.15, -0.1) is 0 Å². The fourth-order valence-electron chi connectivity index (χ4n) is 3.00. The summed E-state index contributed by atoms with van der Waals surface area (Å²) in [6.45, 7) is 4.01. The minimum atomic E-state index is -0.230. The summed E-state index contributed by atoms with van der Waals surface area (Å²) in [5.74, 6) is 0.715. The molecule has 0 aliphatic carbocycles. The van der Waals surface area contributed by atoms with Crippen LogP contribution in [0.25, 0.3) is 11.1 Å². The number of amides is 1. The minimum absolute atomic E-state index is 0.214. The van der Waals surface area contributed by atoms with Crippen molar-refractivity contribution < 1.29 is 9.18 Å². The molecule has 120 valence electrons. The molecule has 0 N–H and O–H groups in total. The molecule has 1 aliphatic heterocycles. The second kappa shape index (κ2) is 6.95. The smallest absolute Gasteiger partial charge is 0.226 e. The van der Waals surface area contributed by atoms with Gasteiger partial charge in [-0.3, -0.25) is 4.79 Å². The zero-order valence-electron chi connectivity index (χ0n) is 13.5. The van der Waals surface area contributed by atoms with Crippen molar-refractivity contribution >= 4 is 5.91 Å². The SMILES string of the molecule is CC1CCN(C(=O)Cc2ccc(-c3ccc(F)cc3)cc2)CC1. The monoisotopic (exact) mass is 311 g/mol. The average Bonchev–Trinajstić information content (AvgIpc) is 2.57. The largest absolute Gasteiger partial charge is 0.342 e. The first-order chi connectivity index (χ1) is 11.1. The lowest BCUT2D eigenvalue weighted by Crippen LogP contribution is -2.38. The molecule has 1 amide bonds. The lowest BCUT2D eigenvalue weighted by atomic mass is 9.98. The zero-order chi connectivity index (χ0) is 16.2. The maximum atomic E-state index is 13.0. The fraction of sp³-hybridized carbons (Fsp3) is 0.350. The van der Waals surface area contributed by atoms with Crippen LogP contribution in [0.4, 0.5) is 4.39 Å². The molecular formula is C20H22FNO. The summed E-state index contributed by atoms with van der Waals surface area (Å²) in [6.07, 6.45) is 2.67. The average molecular weight is 311 g/mol. The van der Waals surface area contributed by atoms with Crippen LogP contribution in [-0.4, -0.2) is 23.9 Å². The van der Waals surface area contributed by atoms with Crippen LogP contribution in [0.15, 0.2) is 48.5 Å². The minimum Gasteiger partial charge on any atom is -0.342 e. The quantitative estimate of drug-likeness (QED) is 0.828. The van der Waals surface area contributed by atoms with E-state index in [2.05, 4.69) is 6.92 Å². The lowest BCUT2D eigenvalue weighted by molar-refractivity contribution is -0.131. The molecule has 1 saturated heterocycles. The van der Waals surface area contributed by atoms with E-state index in [1.807, 2.05) is 29.2 Å². The number of hydrogen-bond acceptors (Lipinski definition) is 1. The number of rotatable bonds is 3. The molecule has 1 heterocycles. The number of likely N-dealkylation sites (tertiary alicyclic amines) is 1. The van der Waals surface area contributed by atoms with Crippen LogP contribution in [0.5, 0.6) is 0 Å². The van der Waals surface area contributed by atoms with Gasteiger partial charge >= 0.3 is 0 Å². The molecule has 1 aliphatic rings. The van der Waals surface area contributed by atoms with Gasteiger partial charge in [-0.2, -0.15) is 0 Å². The van der Waals surface area contributed by atoms with Crippen LogP contribution >= 0.6 is 0 Å². The number of benzene rings is 2. The maximum Gasteiger partial charge on any atom is 0.226 e. The first-order valence-electron chi connectivity index (χ1n) is 8.24. The standard InChI is InChI=1S/C20H22FNO/c1-15-10-12-22(13-11-15)20(23)14-16-2-4-17(5-3-16)18-6-8-19(21)9-7-18/h2-9,15H,10-14H2,1H3. The molecule has 1 fully saturated rings. The van der Waals surface area contributed by atoms with Crippen molar-refractivity contribution in [2.75, 3.05) is 13.1 Å². The van der Waals surface area contributed by atoms with E-state index in [-0.39, 0.29) is 11.7 Å². The second-order valence-electron chi connectivity index (χ2n) is 6.44. The van der Waals surface area contributed by atoms with Crippen molar-refractivity contribution in [1.82, 2.24) is 4.90 Å². The van der Waals surface area contributed by atoms with E-state index in [4.69, 9.17) is 0 Å². The summed E-state index contributed by atoms with van der Waals surface area (Å²) in [4.78, 5) is 14.3. The molecule has 3 rings (SSSR count). The Hall–Kier alpha value is -2.16.